The first-order valence-corrected chi connectivity index (χ1v) is 9.57. The fraction of sp³-hybridized carbons (Fsp3) is 0.238. The fourth-order valence-electron chi connectivity index (χ4n) is 3.11. The molecule has 4 rings (SSSR count). The van der Waals surface area contributed by atoms with Gasteiger partial charge in [-0.1, -0.05) is 30.3 Å². The first-order chi connectivity index (χ1) is 13.0. The van der Waals surface area contributed by atoms with Crippen molar-refractivity contribution in [3.8, 4) is 11.5 Å². The largest absolute Gasteiger partial charge is 0.489 e. The van der Waals surface area contributed by atoms with E-state index in [1.165, 1.54) is 5.56 Å². The molecule has 5 nitrogen and oxygen atoms in total. The summed E-state index contributed by atoms with van der Waals surface area (Å²) in [5.41, 5.74) is 1.99. The Morgan fingerprint density at radius 1 is 1.19 bits per heavy atom. The van der Waals surface area contributed by atoms with Crippen molar-refractivity contribution in [1.82, 2.24) is 5.32 Å². The average molecular weight is 381 g/mol. The number of hydrogen-bond acceptors (Lipinski definition) is 5. The smallest absolute Gasteiger partial charge is 0.291 e. The summed E-state index contributed by atoms with van der Waals surface area (Å²) in [7, 11) is 0. The second-order valence-electron chi connectivity index (χ2n) is 6.88. The van der Waals surface area contributed by atoms with Gasteiger partial charge in [0, 0.05) is 11.8 Å². The Kier molecular flexibility index (Phi) is 4.66. The molecule has 1 N–H and O–H groups in total. The zero-order chi connectivity index (χ0) is 18.9. The van der Waals surface area contributed by atoms with Gasteiger partial charge in [-0.05, 0) is 55.2 Å². The van der Waals surface area contributed by atoms with Gasteiger partial charge >= 0.3 is 0 Å². The van der Waals surface area contributed by atoms with Crippen LogP contribution in [0.5, 0.6) is 11.5 Å². The Morgan fingerprint density at radius 2 is 1.96 bits per heavy atom. The number of benzene rings is 2. The third kappa shape index (κ3) is 4.01. The van der Waals surface area contributed by atoms with E-state index in [9.17, 15) is 9.59 Å². The average Bonchev–Trinajstić information content (AvgIpc) is 2.98. The molecule has 138 valence electrons. The van der Waals surface area contributed by atoms with Crippen LogP contribution in [0.1, 0.15) is 24.5 Å². The van der Waals surface area contributed by atoms with Crippen molar-refractivity contribution in [2.45, 2.75) is 25.4 Å². The maximum Gasteiger partial charge on any atom is 0.291 e. The Hall–Kier alpha value is -2.73. The summed E-state index contributed by atoms with van der Waals surface area (Å²) in [4.78, 5) is 22.8. The topological polar surface area (TPSA) is 64.6 Å². The number of para-hydroxylation sites is 1. The van der Waals surface area contributed by atoms with Gasteiger partial charge in [-0.25, -0.2) is 0 Å². The van der Waals surface area contributed by atoms with Crippen molar-refractivity contribution in [3.63, 3.8) is 0 Å². The standard InChI is InChI=1S/C21H19NO4S/c1-21(11-10-15-4-2-3-5-18(15)26-21)13-25-16-8-6-14(7-9-16)12-17-19(23)27-20(24)22-17/h2-9,12H,10-11,13H2,1H3,(H,22,24). The molecule has 1 fully saturated rings. The lowest BCUT2D eigenvalue weighted by Crippen LogP contribution is -2.42. The van der Waals surface area contributed by atoms with E-state index in [2.05, 4.69) is 18.3 Å². The van der Waals surface area contributed by atoms with Crippen LogP contribution in [0.15, 0.2) is 54.2 Å². The molecule has 27 heavy (non-hydrogen) atoms. The third-order valence-electron chi connectivity index (χ3n) is 4.63. The van der Waals surface area contributed by atoms with Crippen molar-refractivity contribution < 1.29 is 19.1 Å². The van der Waals surface area contributed by atoms with Gasteiger partial charge in [0.05, 0.1) is 5.70 Å². The van der Waals surface area contributed by atoms with Gasteiger partial charge in [-0.2, -0.15) is 0 Å². The molecule has 2 aliphatic heterocycles. The molecule has 0 aliphatic carbocycles. The Bertz CT molecular complexity index is 922. The minimum atomic E-state index is -0.368. The summed E-state index contributed by atoms with van der Waals surface area (Å²) in [5.74, 6) is 1.66. The zero-order valence-corrected chi connectivity index (χ0v) is 15.7. The number of ether oxygens (including phenoxy) is 2. The summed E-state index contributed by atoms with van der Waals surface area (Å²) >= 11 is 0.674. The van der Waals surface area contributed by atoms with Crippen LogP contribution in [-0.4, -0.2) is 22.6 Å². The van der Waals surface area contributed by atoms with Crippen LogP contribution < -0.4 is 14.8 Å². The van der Waals surface area contributed by atoms with Gasteiger partial charge in [0.25, 0.3) is 5.24 Å². The van der Waals surface area contributed by atoms with Crippen LogP contribution >= 0.6 is 11.8 Å². The fourth-order valence-corrected chi connectivity index (χ4v) is 3.66. The highest BCUT2D eigenvalue weighted by Crippen LogP contribution is 2.33. The molecule has 1 unspecified atom stereocenters. The first kappa shape index (κ1) is 17.7. The number of nitrogens with one attached hydrogen (secondary N) is 1. The monoisotopic (exact) mass is 381 g/mol. The molecular formula is C21H19NO4S. The molecule has 2 aromatic carbocycles. The Balaban J connectivity index is 1.39. The molecule has 2 aliphatic rings. The molecule has 0 radical (unpaired) electrons. The Morgan fingerprint density at radius 3 is 2.70 bits per heavy atom. The minimum absolute atomic E-state index is 0.261. The predicted molar refractivity (Wildman–Crippen MR) is 105 cm³/mol. The number of thioether (sulfide) groups is 1. The van der Waals surface area contributed by atoms with Gasteiger partial charge in [0.15, 0.2) is 0 Å². The van der Waals surface area contributed by atoms with Crippen LogP contribution in [0.2, 0.25) is 0 Å². The summed E-state index contributed by atoms with van der Waals surface area (Å²) < 4.78 is 12.1. The maximum absolute atomic E-state index is 11.6. The van der Waals surface area contributed by atoms with Gasteiger partial charge in [-0.15, -0.1) is 0 Å². The lowest BCUT2D eigenvalue weighted by Gasteiger charge is -2.35. The van der Waals surface area contributed by atoms with Crippen LogP contribution in [0.25, 0.3) is 6.08 Å². The third-order valence-corrected chi connectivity index (χ3v) is 5.32. The predicted octanol–water partition coefficient (Wildman–Crippen LogP) is 4.17. The van der Waals surface area contributed by atoms with Crippen molar-refractivity contribution in [2.24, 2.45) is 0 Å². The molecule has 0 spiro atoms. The van der Waals surface area contributed by atoms with Crippen LogP contribution in [-0.2, 0) is 11.2 Å². The van der Waals surface area contributed by atoms with Crippen molar-refractivity contribution >= 4 is 28.2 Å². The summed E-state index contributed by atoms with van der Waals surface area (Å²) in [6.07, 6.45) is 3.53. The molecule has 6 heteroatoms. The van der Waals surface area contributed by atoms with E-state index >= 15 is 0 Å². The highest BCUT2D eigenvalue weighted by molar-refractivity contribution is 8.27. The van der Waals surface area contributed by atoms with E-state index in [4.69, 9.17) is 9.47 Å². The quantitative estimate of drug-likeness (QED) is 0.805. The number of hydrogen-bond donors (Lipinski definition) is 1. The molecule has 0 bridgehead atoms. The van der Waals surface area contributed by atoms with Gasteiger partial charge in [0.1, 0.15) is 23.7 Å². The molecular weight excluding hydrogens is 362 g/mol. The molecule has 2 aromatic rings. The number of amides is 1. The van der Waals surface area contributed by atoms with Gasteiger partial charge in [0.2, 0.25) is 5.12 Å². The summed E-state index contributed by atoms with van der Waals surface area (Å²) in [6.45, 7) is 2.51. The number of carbonyl (C=O) groups is 2. The molecule has 1 amide bonds. The van der Waals surface area contributed by atoms with Crippen LogP contribution in [0, 0.1) is 0 Å². The van der Waals surface area contributed by atoms with E-state index in [0.717, 1.165) is 29.9 Å². The first-order valence-electron chi connectivity index (χ1n) is 8.75. The summed E-state index contributed by atoms with van der Waals surface area (Å²) in [5, 5.41) is 1.94. The molecule has 0 saturated carbocycles. The molecule has 2 heterocycles. The highest BCUT2D eigenvalue weighted by atomic mass is 32.2. The van der Waals surface area contributed by atoms with Crippen molar-refractivity contribution in [3.05, 3.63) is 65.4 Å². The normalized spacial score (nSPS) is 22.9. The second kappa shape index (κ2) is 7.12. The lowest BCUT2D eigenvalue weighted by molar-refractivity contribution is -0.107. The van der Waals surface area contributed by atoms with E-state index in [-0.39, 0.29) is 16.0 Å². The number of rotatable bonds is 4. The van der Waals surface area contributed by atoms with E-state index in [0.29, 0.717) is 24.1 Å². The Labute approximate surface area is 161 Å². The minimum Gasteiger partial charge on any atom is -0.489 e. The van der Waals surface area contributed by atoms with Crippen LogP contribution in [0.4, 0.5) is 4.79 Å². The van der Waals surface area contributed by atoms with Gasteiger partial charge < -0.3 is 14.8 Å². The SMILES string of the molecule is CC1(COc2ccc(C=C3NC(=O)SC3=O)cc2)CCc2ccccc2O1. The summed E-state index contributed by atoms with van der Waals surface area (Å²) in [6, 6.07) is 15.5. The van der Waals surface area contributed by atoms with E-state index in [1.54, 1.807) is 6.08 Å². The lowest BCUT2D eigenvalue weighted by atomic mass is 9.93. The maximum atomic E-state index is 11.6. The van der Waals surface area contributed by atoms with Crippen molar-refractivity contribution in [2.75, 3.05) is 6.61 Å². The second-order valence-corrected chi connectivity index (χ2v) is 7.82. The van der Waals surface area contributed by atoms with Crippen LogP contribution in [0.3, 0.4) is 0 Å². The van der Waals surface area contributed by atoms with E-state index in [1.807, 2.05) is 42.5 Å². The molecule has 0 aromatic heterocycles. The number of fused-ring (bicyclic) bond motifs is 1. The zero-order valence-electron chi connectivity index (χ0n) is 14.9. The number of carbonyl (C=O) groups excluding carboxylic acids is 2. The van der Waals surface area contributed by atoms with E-state index < -0.39 is 0 Å². The van der Waals surface area contributed by atoms with Crippen molar-refractivity contribution in [1.29, 1.82) is 0 Å². The number of aryl methyl sites for hydroxylation is 1. The molecule has 1 saturated heterocycles. The van der Waals surface area contributed by atoms with Gasteiger partial charge in [-0.3, -0.25) is 9.59 Å². The molecule has 1 atom stereocenters. The highest BCUT2D eigenvalue weighted by Gasteiger charge is 2.32.